The van der Waals surface area contributed by atoms with Gasteiger partial charge in [-0.2, -0.15) is 0 Å². The van der Waals surface area contributed by atoms with Crippen LogP contribution in [0, 0.1) is 5.41 Å². The highest BCUT2D eigenvalue weighted by Gasteiger charge is 2.29. The molecule has 5 nitrogen and oxygen atoms in total. The number of pyridine rings is 1. The molecule has 110 valence electrons. The molecule has 0 aromatic carbocycles. The third kappa shape index (κ3) is 3.03. The number of amidine groups is 1. The summed E-state index contributed by atoms with van der Waals surface area (Å²) in [6.45, 7) is 4.66. The molecule has 0 spiro atoms. The summed E-state index contributed by atoms with van der Waals surface area (Å²) in [5.41, 5.74) is 7.85. The first-order chi connectivity index (χ1) is 9.44. The fraction of sp³-hybridized carbons (Fsp3) is 0.600. The van der Waals surface area contributed by atoms with E-state index in [4.69, 9.17) is 10.9 Å². The number of nitrogens with zero attached hydrogens (tertiary/aromatic N) is 3. The second-order valence-electron chi connectivity index (χ2n) is 6.38. The Kier molecular flexibility index (Phi) is 4.16. The normalized spacial score (nSPS) is 19.9. The monoisotopic (exact) mass is 276 g/mol. The van der Waals surface area contributed by atoms with Crippen LogP contribution >= 0.6 is 0 Å². The average Bonchev–Trinajstić information content (AvgIpc) is 2.45. The largest absolute Gasteiger partial charge is 0.409 e. The molecule has 0 saturated heterocycles. The Balaban J connectivity index is 2.20. The summed E-state index contributed by atoms with van der Waals surface area (Å²) in [5, 5.41) is 12.0. The minimum Gasteiger partial charge on any atom is -0.409 e. The van der Waals surface area contributed by atoms with Gasteiger partial charge in [0.05, 0.1) is 11.9 Å². The highest BCUT2D eigenvalue weighted by molar-refractivity contribution is 6.02. The van der Waals surface area contributed by atoms with E-state index in [2.05, 4.69) is 35.9 Å². The van der Waals surface area contributed by atoms with Crippen molar-refractivity contribution in [2.75, 3.05) is 11.9 Å². The molecule has 1 aliphatic rings. The molecule has 0 unspecified atom stereocenters. The molecule has 1 aromatic rings. The quantitative estimate of drug-likeness (QED) is 0.385. The van der Waals surface area contributed by atoms with E-state index in [9.17, 15) is 0 Å². The van der Waals surface area contributed by atoms with Crippen LogP contribution in [0.15, 0.2) is 23.6 Å². The summed E-state index contributed by atoms with van der Waals surface area (Å²) < 4.78 is 0. The molecular formula is C15H24N4O. The van der Waals surface area contributed by atoms with Gasteiger partial charge in [-0.1, -0.05) is 19.0 Å². The predicted octanol–water partition coefficient (Wildman–Crippen LogP) is 2.58. The Morgan fingerprint density at radius 1 is 1.45 bits per heavy atom. The zero-order valence-corrected chi connectivity index (χ0v) is 12.5. The van der Waals surface area contributed by atoms with Crippen LogP contribution in [0.4, 0.5) is 5.69 Å². The maximum Gasteiger partial charge on any atom is 0.172 e. The predicted molar refractivity (Wildman–Crippen MR) is 81.2 cm³/mol. The van der Waals surface area contributed by atoms with Crippen LogP contribution in [0.25, 0.3) is 0 Å². The van der Waals surface area contributed by atoms with Crippen molar-refractivity contribution in [2.45, 2.75) is 45.6 Å². The third-order valence-corrected chi connectivity index (χ3v) is 4.42. The van der Waals surface area contributed by atoms with Gasteiger partial charge in [0.1, 0.15) is 0 Å². The molecule has 1 aliphatic carbocycles. The zero-order valence-electron chi connectivity index (χ0n) is 12.5. The Morgan fingerprint density at radius 3 is 2.70 bits per heavy atom. The molecule has 0 amide bonds. The summed E-state index contributed by atoms with van der Waals surface area (Å²) in [4.78, 5) is 6.39. The highest BCUT2D eigenvalue weighted by atomic mass is 16.4. The maximum atomic E-state index is 8.90. The van der Waals surface area contributed by atoms with E-state index in [-0.39, 0.29) is 5.84 Å². The fourth-order valence-corrected chi connectivity index (χ4v) is 2.91. The van der Waals surface area contributed by atoms with Crippen LogP contribution < -0.4 is 10.6 Å². The Labute approximate surface area is 120 Å². The van der Waals surface area contributed by atoms with E-state index in [1.165, 1.54) is 12.8 Å². The zero-order chi connectivity index (χ0) is 14.8. The van der Waals surface area contributed by atoms with Crippen molar-refractivity contribution in [1.29, 1.82) is 0 Å². The fourth-order valence-electron chi connectivity index (χ4n) is 2.91. The standard InChI is InChI=1S/C15H24N4O/c1-15(2)7-4-11(5-8-15)19(3)13-10-17-9-6-12(13)14(16)18-20/h6,9-11,20H,4-5,7-8H2,1-3H3,(H2,16,18). The van der Waals surface area contributed by atoms with Crippen molar-refractivity contribution >= 4 is 11.5 Å². The minimum atomic E-state index is 0.130. The topological polar surface area (TPSA) is 74.7 Å². The van der Waals surface area contributed by atoms with Crippen molar-refractivity contribution in [3.63, 3.8) is 0 Å². The highest BCUT2D eigenvalue weighted by Crippen LogP contribution is 2.38. The lowest BCUT2D eigenvalue weighted by molar-refractivity contribution is 0.222. The molecule has 0 atom stereocenters. The number of anilines is 1. The van der Waals surface area contributed by atoms with E-state index in [1.807, 2.05) is 0 Å². The molecule has 0 aliphatic heterocycles. The summed E-state index contributed by atoms with van der Waals surface area (Å²) in [5.74, 6) is 0.130. The SMILES string of the molecule is CN(c1cnccc1/C(N)=N/O)C1CCC(C)(C)CC1. The molecule has 5 heteroatoms. The Morgan fingerprint density at radius 2 is 2.10 bits per heavy atom. The molecule has 1 heterocycles. The summed E-state index contributed by atoms with van der Waals surface area (Å²) in [6, 6.07) is 2.27. The molecule has 2 rings (SSSR count). The number of aromatic nitrogens is 1. The van der Waals surface area contributed by atoms with E-state index in [0.29, 0.717) is 11.5 Å². The van der Waals surface area contributed by atoms with Gasteiger partial charge in [0, 0.05) is 24.8 Å². The van der Waals surface area contributed by atoms with Gasteiger partial charge in [-0.15, -0.1) is 0 Å². The maximum absolute atomic E-state index is 8.90. The van der Waals surface area contributed by atoms with Gasteiger partial charge in [-0.3, -0.25) is 4.98 Å². The summed E-state index contributed by atoms with van der Waals surface area (Å²) >= 11 is 0. The summed E-state index contributed by atoms with van der Waals surface area (Å²) in [7, 11) is 2.06. The van der Waals surface area contributed by atoms with Crippen molar-refractivity contribution in [2.24, 2.45) is 16.3 Å². The lowest BCUT2D eigenvalue weighted by Crippen LogP contribution is -2.38. The van der Waals surface area contributed by atoms with Crippen LogP contribution in [0.2, 0.25) is 0 Å². The van der Waals surface area contributed by atoms with Crippen LogP contribution in [0.3, 0.4) is 0 Å². The van der Waals surface area contributed by atoms with Crippen LogP contribution in [-0.4, -0.2) is 29.1 Å². The number of nitrogens with two attached hydrogens (primary N) is 1. The average molecular weight is 276 g/mol. The lowest BCUT2D eigenvalue weighted by Gasteiger charge is -2.39. The molecular weight excluding hydrogens is 252 g/mol. The van der Waals surface area contributed by atoms with Crippen molar-refractivity contribution in [1.82, 2.24) is 4.98 Å². The number of rotatable bonds is 3. The second kappa shape index (κ2) is 5.69. The smallest absolute Gasteiger partial charge is 0.172 e. The molecule has 3 N–H and O–H groups in total. The Bertz CT molecular complexity index is 488. The molecule has 0 radical (unpaired) electrons. The van der Waals surface area contributed by atoms with Crippen molar-refractivity contribution in [3.05, 3.63) is 24.0 Å². The van der Waals surface area contributed by atoms with Crippen molar-refractivity contribution in [3.8, 4) is 0 Å². The first-order valence-corrected chi connectivity index (χ1v) is 7.09. The minimum absolute atomic E-state index is 0.130. The van der Waals surface area contributed by atoms with E-state index < -0.39 is 0 Å². The van der Waals surface area contributed by atoms with Crippen molar-refractivity contribution < 1.29 is 5.21 Å². The van der Waals surface area contributed by atoms with Gasteiger partial charge in [-0.05, 0) is 37.2 Å². The van der Waals surface area contributed by atoms with E-state index in [1.54, 1.807) is 18.5 Å². The van der Waals surface area contributed by atoms with Crippen LogP contribution in [-0.2, 0) is 0 Å². The molecule has 20 heavy (non-hydrogen) atoms. The van der Waals surface area contributed by atoms with E-state index in [0.717, 1.165) is 24.1 Å². The van der Waals surface area contributed by atoms with Gasteiger partial charge in [0.2, 0.25) is 0 Å². The summed E-state index contributed by atoms with van der Waals surface area (Å²) in [6.07, 6.45) is 8.21. The van der Waals surface area contributed by atoms with Crippen LogP contribution in [0.5, 0.6) is 0 Å². The van der Waals surface area contributed by atoms with Gasteiger partial charge in [-0.25, -0.2) is 0 Å². The molecule has 1 fully saturated rings. The van der Waals surface area contributed by atoms with E-state index >= 15 is 0 Å². The van der Waals surface area contributed by atoms with Gasteiger partial charge in [0.15, 0.2) is 5.84 Å². The molecule has 1 saturated carbocycles. The number of hydrogen-bond acceptors (Lipinski definition) is 4. The van der Waals surface area contributed by atoms with Gasteiger partial charge >= 0.3 is 0 Å². The number of hydrogen-bond donors (Lipinski definition) is 2. The van der Waals surface area contributed by atoms with Crippen LogP contribution in [0.1, 0.15) is 45.1 Å². The first-order valence-electron chi connectivity index (χ1n) is 7.09. The molecule has 0 bridgehead atoms. The lowest BCUT2D eigenvalue weighted by atomic mass is 9.75. The van der Waals surface area contributed by atoms with Gasteiger partial charge < -0.3 is 15.8 Å². The first kappa shape index (κ1) is 14.6. The third-order valence-electron chi connectivity index (χ3n) is 4.42. The number of oxime groups is 1. The van der Waals surface area contributed by atoms with Gasteiger partial charge in [0.25, 0.3) is 0 Å². The Hall–Kier alpha value is -1.78. The molecule has 1 aromatic heterocycles. The second-order valence-corrected chi connectivity index (χ2v) is 6.38.